The number of aromatic nitrogens is 1. The van der Waals surface area contributed by atoms with Gasteiger partial charge in [0.2, 0.25) is 0 Å². The molecule has 1 aromatic heterocycles. The summed E-state index contributed by atoms with van der Waals surface area (Å²) in [7, 11) is 0. The van der Waals surface area contributed by atoms with E-state index >= 15 is 0 Å². The van der Waals surface area contributed by atoms with Crippen molar-refractivity contribution in [2.45, 2.75) is 0 Å². The molecule has 0 aliphatic carbocycles. The maximum atomic E-state index is 11.9. The van der Waals surface area contributed by atoms with Gasteiger partial charge in [-0.1, -0.05) is 6.07 Å². The van der Waals surface area contributed by atoms with Gasteiger partial charge in [-0.25, -0.2) is 0 Å². The molecule has 12 heavy (non-hydrogen) atoms. The second-order valence-corrected chi connectivity index (χ2v) is 2.16. The van der Waals surface area contributed by atoms with Gasteiger partial charge in [-0.2, -0.15) is 5.26 Å². The molecule has 0 bridgehead atoms. The average Bonchev–Trinajstić information content (AvgIpc) is 2.03. The second-order valence-electron chi connectivity index (χ2n) is 2.16. The van der Waals surface area contributed by atoms with Gasteiger partial charge < -0.3 is 12.9 Å². The molecule has 0 unspecified atom stereocenters. The van der Waals surface area contributed by atoms with E-state index in [1.54, 1.807) is 6.07 Å². The molecular weight excluding hydrogens is 168 g/mol. The van der Waals surface area contributed by atoms with Crippen molar-refractivity contribution in [3.8, 4) is 6.07 Å². The van der Waals surface area contributed by atoms with Crippen LogP contribution in [-0.2, 0) is 0 Å². The fourth-order valence-electron chi connectivity index (χ4n) is 0.665. The second kappa shape index (κ2) is 2.85. The molecule has 1 rings (SSSR count). The lowest BCUT2D eigenvalue weighted by molar-refractivity contribution is 0.498. The average molecular weight is 171 g/mol. The molecule has 1 aromatic rings. The van der Waals surface area contributed by atoms with Gasteiger partial charge in [-0.3, -0.25) is 4.98 Å². The Morgan fingerprint density at radius 2 is 2.00 bits per heavy atom. The number of pyridine rings is 1. The van der Waals surface area contributed by atoms with Crippen LogP contribution in [0, 0.1) is 11.3 Å². The van der Waals surface area contributed by atoms with Gasteiger partial charge in [0.05, 0.1) is 5.56 Å². The zero-order chi connectivity index (χ0) is 9.19. The Hall–Kier alpha value is -1.51. The first-order chi connectivity index (χ1) is 5.54. The minimum Gasteiger partial charge on any atom is -0.444 e. The topological polar surface area (TPSA) is 36.7 Å². The van der Waals surface area contributed by atoms with Gasteiger partial charge in [-0.05, 0) is 11.7 Å². The van der Waals surface area contributed by atoms with Crippen LogP contribution in [0.3, 0.4) is 0 Å². The van der Waals surface area contributed by atoms with Crippen LogP contribution in [0.2, 0.25) is 0 Å². The maximum absolute atomic E-state index is 11.9. The minimum absolute atomic E-state index is 0.124. The van der Waals surface area contributed by atoms with E-state index in [0.717, 1.165) is 18.3 Å². The lowest BCUT2D eigenvalue weighted by Crippen LogP contribution is -2.36. The molecule has 2 nitrogen and oxygen atoms in total. The normalized spacial score (nSPS) is 10.8. The van der Waals surface area contributed by atoms with E-state index in [4.69, 9.17) is 5.26 Å². The van der Waals surface area contributed by atoms with E-state index in [1.165, 1.54) is 0 Å². The van der Waals surface area contributed by atoms with Gasteiger partial charge in [0, 0.05) is 6.20 Å². The largest absolute Gasteiger partial charge is 0.527 e. The molecule has 0 aliphatic rings. The molecule has 0 spiro atoms. The third-order valence-corrected chi connectivity index (χ3v) is 1.25. The Morgan fingerprint density at radius 3 is 2.33 bits per heavy atom. The van der Waals surface area contributed by atoms with Crippen molar-refractivity contribution in [3.05, 3.63) is 23.9 Å². The number of hydrogen-bond donors (Lipinski definition) is 0. The van der Waals surface area contributed by atoms with Crippen molar-refractivity contribution >= 4 is 12.6 Å². The number of rotatable bonds is 1. The van der Waals surface area contributed by atoms with E-state index in [-0.39, 0.29) is 5.56 Å². The van der Waals surface area contributed by atoms with Crippen LogP contribution in [0.25, 0.3) is 0 Å². The monoisotopic (exact) mass is 171 g/mol. The molecule has 0 N–H and O–H groups in total. The highest BCUT2D eigenvalue weighted by Crippen LogP contribution is 2.06. The molecule has 0 aliphatic heterocycles. The van der Waals surface area contributed by atoms with Crippen LogP contribution in [0.5, 0.6) is 0 Å². The summed E-state index contributed by atoms with van der Waals surface area (Å²) in [5.74, 6) is 0. The molecular formula is C6H3BF3N2-. The molecule has 0 saturated carbocycles. The Morgan fingerprint density at radius 1 is 1.33 bits per heavy atom. The van der Waals surface area contributed by atoms with E-state index in [9.17, 15) is 12.9 Å². The van der Waals surface area contributed by atoms with Crippen molar-refractivity contribution in [1.29, 1.82) is 5.26 Å². The quantitative estimate of drug-likeness (QED) is 0.591. The number of nitriles is 1. The van der Waals surface area contributed by atoms with Gasteiger partial charge in [0.25, 0.3) is 0 Å². The van der Waals surface area contributed by atoms with Crippen LogP contribution >= 0.6 is 0 Å². The lowest BCUT2D eigenvalue weighted by Gasteiger charge is -2.12. The van der Waals surface area contributed by atoms with Crippen molar-refractivity contribution < 1.29 is 12.9 Å². The highest BCUT2D eigenvalue weighted by atomic mass is 19.4. The SMILES string of the molecule is N#Cc1ccc([B-](F)(F)F)nc1. The summed E-state index contributed by atoms with van der Waals surface area (Å²) in [5.41, 5.74) is -0.798. The fourth-order valence-corrected chi connectivity index (χ4v) is 0.665. The van der Waals surface area contributed by atoms with E-state index in [2.05, 4.69) is 4.98 Å². The first kappa shape index (κ1) is 8.59. The van der Waals surface area contributed by atoms with E-state index in [1.807, 2.05) is 0 Å². The number of nitrogens with zero attached hydrogens (tertiary/aromatic N) is 2. The third-order valence-electron chi connectivity index (χ3n) is 1.25. The van der Waals surface area contributed by atoms with Crippen molar-refractivity contribution in [2.24, 2.45) is 0 Å². The summed E-state index contributed by atoms with van der Waals surface area (Å²) >= 11 is 0. The summed E-state index contributed by atoms with van der Waals surface area (Å²) < 4.78 is 35.8. The van der Waals surface area contributed by atoms with E-state index in [0.29, 0.717) is 0 Å². The Balaban J connectivity index is 3.02. The molecule has 0 atom stereocenters. The van der Waals surface area contributed by atoms with Gasteiger partial charge in [0.15, 0.2) is 0 Å². The Labute approximate surface area is 66.7 Å². The Bertz CT molecular complexity index is 311. The standard InChI is InChI=1S/C6H3BF3N2/c8-7(9,10)6-2-1-5(3-11)4-12-6/h1-2,4H/q-1. The van der Waals surface area contributed by atoms with Crippen LogP contribution in [0.4, 0.5) is 12.9 Å². The van der Waals surface area contributed by atoms with Crippen molar-refractivity contribution in [1.82, 2.24) is 4.98 Å². The Kier molecular flexibility index (Phi) is 2.04. The van der Waals surface area contributed by atoms with Crippen molar-refractivity contribution in [3.63, 3.8) is 0 Å². The fraction of sp³-hybridized carbons (Fsp3) is 0. The van der Waals surface area contributed by atoms with Crippen LogP contribution in [0.15, 0.2) is 18.3 Å². The molecule has 0 saturated heterocycles. The van der Waals surface area contributed by atoms with Crippen molar-refractivity contribution in [2.75, 3.05) is 0 Å². The summed E-state index contributed by atoms with van der Waals surface area (Å²) in [5, 5.41) is 8.27. The number of hydrogen-bond acceptors (Lipinski definition) is 2. The molecule has 0 aromatic carbocycles. The first-order valence-electron chi connectivity index (χ1n) is 3.10. The first-order valence-corrected chi connectivity index (χ1v) is 3.10. The van der Waals surface area contributed by atoms with Gasteiger partial charge in [0.1, 0.15) is 6.07 Å². The zero-order valence-electron chi connectivity index (χ0n) is 5.84. The zero-order valence-corrected chi connectivity index (χ0v) is 5.84. The van der Waals surface area contributed by atoms with Crippen LogP contribution < -0.4 is 5.59 Å². The highest BCUT2D eigenvalue weighted by molar-refractivity contribution is 6.72. The molecule has 62 valence electrons. The van der Waals surface area contributed by atoms with Gasteiger partial charge in [-0.15, -0.1) is 0 Å². The van der Waals surface area contributed by atoms with E-state index < -0.39 is 12.6 Å². The maximum Gasteiger partial charge on any atom is 0.527 e. The van der Waals surface area contributed by atoms with Crippen LogP contribution in [-0.4, -0.2) is 12.0 Å². The summed E-state index contributed by atoms with van der Waals surface area (Å²) in [6, 6.07) is 3.58. The number of halogens is 3. The molecule has 0 amide bonds. The third kappa shape index (κ3) is 1.75. The molecule has 1 heterocycles. The molecule has 6 heteroatoms. The summed E-state index contributed by atoms with van der Waals surface area (Å²) in [6.45, 7) is -5.05. The minimum atomic E-state index is -5.05. The predicted octanol–water partition coefficient (Wildman–Crippen LogP) is 1.01. The highest BCUT2D eigenvalue weighted by Gasteiger charge is 2.26. The predicted molar refractivity (Wildman–Crippen MR) is 37.7 cm³/mol. The molecule has 0 radical (unpaired) electrons. The van der Waals surface area contributed by atoms with Gasteiger partial charge >= 0.3 is 6.98 Å². The summed E-state index contributed by atoms with van der Waals surface area (Å²) in [6.07, 6.45) is 0.907. The van der Waals surface area contributed by atoms with Crippen LogP contribution in [0.1, 0.15) is 5.56 Å². The summed E-state index contributed by atoms with van der Waals surface area (Å²) in [4.78, 5) is 3.10. The molecule has 0 fully saturated rings. The smallest absolute Gasteiger partial charge is 0.444 e. The lowest BCUT2D eigenvalue weighted by atomic mass is 9.85.